The lowest BCUT2D eigenvalue weighted by Gasteiger charge is -2.32. The average molecular weight is 855 g/mol. The van der Waals surface area contributed by atoms with E-state index in [0.717, 1.165) is 61.5 Å². The Morgan fingerprint density at radius 1 is 0.383 bits per heavy atom. The molecule has 0 N–H and O–H groups in total. The van der Waals surface area contributed by atoms with Crippen molar-refractivity contribution in [2.24, 2.45) is 0 Å². The fraction of sp³-hybridized carbons (Fsp3) is 0.538. The van der Waals surface area contributed by atoms with E-state index in [0.29, 0.717) is 13.2 Å². The van der Waals surface area contributed by atoms with Gasteiger partial charge in [-0.05, 0) is 84.5 Å². The van der Waals surface area contributed by atoms with Crippen LogP contribution >= 0.6 is 17.2 Å². The molecule has 6 rings (SSSR count). The quantitative estimate of drug-likeness (QED) is 0.123. The van der Waals surface area contributed by atoms with Gasteiger partial charge in [0.25, 0.3) is 0 Å². The predicted octanol–water partition coefficient (Wildman–Crippen LogP) is 15.6. The molecule has 0 saturated carbocycles. The lowest BCUT2D eigenvalue weighted by atomic mass is 9.81. The second-order valence-corrected chi connectivity index (χ2v) is 23.6. The minimum absolute atomic E-state index is 0.105. The summed E-state index contributed by atoms with van der Waals surface area (Å²) >= 11 is 0. The Kier molecular flexibility index (Phi) is 13.8. The summed E-state index contributed by atoms with van der Waals surface area (Å²) in [7, 11) is -3.40. The van der Waals surface area contributed by atoms with Crippen molar-refractivity contribution in [2.75, 3.05) is 13.2 Å². The van der Waals surface area contributed by atoms with Gasteiger partial charge in [0.15, 0.2) is 0 Å². The van der Waals surface area contributed by atoms with Crippen LogP contribution in [0.1, 0.15) is 176 Å². The van der Waals surface area contributed by atoms with Crippen LogP contribution in [-0.4, -0.2) is 13.2 Å². The van der Waals surface area contributed by atoms with E-state index in [1.807, 2.05) is 0 Å². The Morgan fingerprint density at radius 2 is 0.617 bits per heavy atom. The van der Waals surface area contributed by atoms with E-state index in [4.69, 9.17) is 27.1 Å². The fourth-order valence-electron chi connectivity index (χ4n) is 8.26. The van der Waals surface area contributed by atoms with Gasteiger partial charge >= 0.3 is 17.2 Å². The highest BCUT2D eigenvalue weighted by Gasteiger charge is 2.35. The molecule has 4 aromatic rings. The zero-order valence-electron chi connectivity index (χ0n) is 39.6. The first kappa shape index (κ1) is 46.4. The van der Waals surface area contributed by atoms with Crippen LogP contribution < -0.4 is 18.1 Å². The smallest absolute Gasteiger partial charge is 0.417 e. The SMILES string of the molecule is Cc1cc2c(c(C(C)(C)C)c1)OP(OCCCCCCOP1Oc3c(cc(C)cc3C(C)(C)C)Cc3cc(C)cc(C(C)(C)C)c3O1)Oc1c(cc(C)cc1C(C)(C)C)C2. The third-order valence-corrected chi connectivity index (χ3v) is 13.4. The normalized spacial score (nSPS) is 15.1. The molecule has 0 atom stereocenters. The molecular weight excluding hydrogens is 783 g/mol. The van der Waals surface area contributed by atoms with Gasteiger partial charge in [-0.2, -0.15) is 0 Å². The first-order valence-electron chi connectivity index (χ1n) is 22.0. The van der Waals surface area contributed by atoms with E-state index in [-0.39, 0.29) is 21.7 Å². The molecule has 4 aromatic carbocycles. The zero-order chi connectivity index (χ0) is 43.9. The number of benzene rings is 4. The maximum atomic E-state index is 6.83. The number of rotatable bonds is 9. The molecule has 0 unspecified atom stereocenters. The number of fused-ring (bicyclic) bond motifs is 4. The second kappa shape index (κ2) is 17.9. The van der Waals surface area contributed by atoms with Crippen molar-refractivity contribution in [1.82, 2.24) is 0 Å². The molecule has 6 nitrogen and oxygen atoms in total. The van der Waals surface area contributed by atoms with Gasteiger partial charge in [0, 0.05) is 35.1 Å². The van der Waals surface area contributed by atoms with Crippen molar-refractivity contribution in [3.63, 3.8) is 0 Å². The molecule has 8 heteroatoms. The van der Waals surface area contributed by atoms with Crippen molar-refractivity contribution in [2.45, 2.75) is 171 Å². The third kappa shape index (κ3) is 11.1. The van der Waals surface area contributed by atoms with Gasteiger partial charge in [0.1, 0.15) is 23.0 Å². The predicted molar refractivity (Wildman–Crippen MR) is 252 cm³/mol. The number of hydrogen-bond acceptors (Lipinski definition) is 6. The summed E-state index contributed by atoms with van der Waals surface area (Å²) in [5.41, 5.74) is 14.0. The molecule has 0 aliphatic carbocycles. The van der Waals surface area contributed by atoms with Gasteiger partial charge in [0.2, 0.25) is 0 Å². The van der Waals surface area contributed by atoms with Crippen LogP contribution in [0.3, 0.4) is 0 Å². The van der Waals surface area contributed by atoms with E-state index >= 15 is 0 Å². The molecule has 0 bridgehead atoms. The maximum absolute atomic E-state index is 6.83. The molecule has 2 aliphatic rings. The summed E-state index contributed by atoms with van der Waals surface area (Å²) in [6.45, 7) is 36.7. The largest absolute Gasteiger partial charge is 0.463 e. The molecule has 2 aliphatic heterocycles. The first-order chi connectivity index (χ1) is 27.9. The summed E-state index contributed by atoms with van der Waals surface area (Å²) in [5.74, 6) is 3.62. The first-order valence-corrected chi connectivity index (χ1v) is 24.2. The molecule has 326 valence electrons. The molecule has 2 heterocycles. The van der Waals surface area contributed by atoms with Crippen LogP contribution in [0, 0.1) is 27.7 Å². The molecule has 0 saturated heterocycles. The van der Waals surface area contributed by atoms with Crippen LogP contribution in [0.5, 0.6) is 23.0 Å². The number of aryl methyl sites for hydroxylation is 4. The van der Waals surface area contributed by atoms with E-state index < -0.39 is 17.2 Å². The minimum atomic E-state index is -1.70. The monoisotopic (exact) mass is 854 g/mol. The molecule has 60 heavy (non-hydrogen) atoms. The van der Waals surface area contributed by atoms with Crippen molar-refractivity contribution >= 4 is 17.2 Å². The molecule has 0 radical (unpaired) electrons. The Hall–Kier alpha value is -3.14. The van der Waals surface area contributed by atoms with E-state index in [2.05, 4.69) is 159 Å². The van der Waals surface area contributed by atoms with Crippen LogP contribution in [0.15, 0.2) is 48.5 Å². The average Bonchev–Trinajstić information content (AvgIpc) is 3.09. The zero-order valence-corrected chi connectivity index (χ0v) is 41.4. The summed E-state index contributed by atoms with van der Waals surface area (Å²) in [6.07, 6.45) is 5.25. The van der Waals surface area contributed by atoms with Gasteiger partial charge in [-0.3, -0.25) is 9.05 Å². The van der Waals surface area contributed by atoms with Gasteiger partial charge in [-0.1, -0.05) is 167 Å². The van der Waals surface area contributed by atoms with Crippen molar-refractivity contribution < 1.29 is 27.1 Å². The summed E-state index contributed by atoms with van der Waals surface area (Å²) in [6, 6.07) is 18.1. The molecule has 0 spiro atoms. The Morgan fingerprint density at radius 3 is 0.833 bits per heavy atom. The Balaban J connectivity index is 1.14. The van der Waals surface area contributed by atoms with Gasteiger partial charge in [-0.25, -0.2) is 0 Å². The van der Waals surface area contributed by atoms with Crippen LogP contribution in [0.2, 0.25) is 0 Å². The number of unbranched alkanes of at least 4 members (excludes halogenated alkanes) is 3. The Bertz CT molecular complexity index is 1880. The van der Waals surface area contributed by atoms with Gasteiger partial charge < -0.3 is 18.1 Å². The highest BCUT2D eigenvalue weighted by Crippen LogP contribution is 2.54. The maximum Gasteiger partial charge on any atom is 0.463 e. The third-order valence-electron chi connectivity index (χ3n) is 11.3. The van der Waals surface area contributed by atoms with Crippen LogP contribution in [0.4, 0.5) is 0 Å². The van der Waals surface area contributed by atoms with E-state index in [1.54, 1.807) is 0 Å². The standard InChI is InChI=1S/C52H72O6P2/c1-33-23-37-31-38-24-34(2)28-42(50(8,9)10)46(38)56-59(55-45(37)41(27-33)49(5,6)7)53-21-19-17-18-20-22-54-60-57-47-39(25-35(3)29-43(47)51(11,12)13)32-40-26-36(4)30-44(48(40)58-60)52(14,15)16/h23-30H,17-22,31-32H2,1-16H3. The number of hydrogen-bond donors (Lipinski definition) is 0. The van der Waals surface area contributed by atoms with Crippen LogP contribution in [0.25, 0.3) is 0 Å². The summed E-state index contributed by atoms with van der Waals surface area (Å²) in [4.78, 5) is 0. The highest BCUT2D eigenvalue weighted by molar-refractivity contribution is 7.42. The fourth-order valence-corrected chi connectivity index (χ4v) is 10.6. The summed E-state index contributed by atoms with van der Waals surface area (Å²) in [5, 5.41) is 0. The van der Waals surface area contributed by atoms with E-state index in [9.17, 15) is 0 Å². The van der Waals surface area contributed by atoms with Gasteiger partial charge in [0.05, 0.1) is 13.2 Å². The van der Waals surface area contributed by atoms with Crippen molar-refractivity contribution in [1.29, 1.82) is 0 Å². The lowest BCUT2D eigenvalue weighted by Crippen LogP contribution is -2.19. The molecular formula is C52H72O6P2. The van der Waals surface area contributed by atoms with E-state index in [1.165, 1.54) is 66.8 Å². The van der Waals surface area contributed by atoms with Crippen LogP contribution in [-0.2, 0) is 43.5 Å². The van der Waals surface area contributed by atoms with Crippen molar-refractivity contribution in [3.05, 3.63) is 115 Å². The van der Waals surface area contributed by atoms with Gasteiger partial charge in [-0.15, -0.1) is 0 Å². The topological polar surface area (TPSA) is 55.4 Å². The molecule has 0 fully saturated rings. The summed E-state index contributed by atoms with van der Waals surface area (Å²) < 4.78 is 40.5. The Labute approximate surface area is 365 Å². The minimum Gasteiger partial charge on any atom is -0.417 e. The lowest BCUT2D eigenvalue weighted by molar-refractivity contribution is 0.242. The molecule has 0 aromatic heterocycles. The second-order valence-electron chi connectivity index (χ2n) is 21.4. The highest BCUT2D eigenvalue weighted by atomic mass is 31.2. The molecule has 0 amide bonds. The van der Waals surface area contributed by atoms with Crippen molar-refractivity contribution in [3.8, 4) is 23.0 Å².